The van der Waals surface area contributed by atoms with E-state index in [4.69, 9.17) is 10.8 Å². The molecule has 2 aromatic rings. The summed E-state index contributed by atoms with van der Waals surface area (Å²) in [4.78, 5) is 9.31. The average Bonchev–Trinajstić information content (AvgIpc) is 2.39. The van der Waals surface area contributed by atoms with E-state index < -0.39 is 0 Å². The highest BCUT2D eigenvalue weighted by molar-refractivity contribution is 5.46. The first-order valence-corrected chi connectivity index (χ1v) is 6.93. The molecule has 0 fully saturated rings. The van der Waals surface area contributed by atoms with Gasteiger partial charge in [0, 0.05) is 17.4 Å². The van der Waals surface area contributed by atoms with Gasteiger partial charge in [-0.05, 0) is 17.5 Å². The number of nitrogen functional groups attached to an aromatic ring is 1. The monoisotopic (exact) mass is 268 g/mol. The van der Waals surface area contributed by atoms with Gasteiger partial charge in [0.15, 0.2) is 0 Å². The third-order valence-corrected chi connectivity index (χ3v) is 3.83. The van der Waals surface area contributed by atoms with Crippen molar-refractivity contribution in [3.63, 3.8) is 0 Å². The first-order chi connectivity index (χ1) is 9.49. The van der Waals surface area contributed by atoms with Crippen LogP contribution in [0, 0.1) is 0 Å². The Kier molecular flexibility index (Phi) is 2.98. The Bertz CT molecular complexity index is 643. The highest BCUT2D eigenvalue weighted by atomic mass is 15.3. The molecule has 3 rings (SSSR count). The van der Waals surface area contributed by atoms with Gasteiger partial charge in [-0.25, -0.2) is 15.8 Å². The number of rotatable bonds is 2. The highest BCUT2D eigenvalue weighted by Crippen LogP contribution is 2.39. The first-order valence-electron chi connectivity index (χ1n) is 6.93. The van der Waals surface area contributed by atoms with Crippen LogP contribution in [0.5, 0.6) is 0 Å². The number of hydrogen-bond donors (Lipinski definition) is 2. The lowest BCUT2D eigenvalue weighted by Gasteiger charge is -2.30. The van der Waals surface area contributed by atoms with Gasteiger partial charge in [0.25, 0.3) is 0 Å². The number of fused-ring (bicyclic) bond motifs is 1. The molecule has 104 valence electrons. The summed E-state index contributed by atoms with van der Waals surface area (Å²) in [6.07, 6.45) is 1.01. The van der Waals surface area contributed by atoms with Gasteiger partial charge in [-0.1, -0.05) is 45.0 Å². The first kappa shape index (κ1) is 13.1. The van der Waals surface area contributed by atoms with Crippen molar-refractivity contribution in [3.05, 3.63) is 53.0 Å². The fourth-order valence-electron chi connectivity index (χ4n) is 2.57. The molecule has 1 aliphatic rings. The van der Waals surface area contributed by atoms with Crippen molar-refractivity contribution in [1.82, 2.24) is 9.97 Å². The van der Waals surface area contributed by atoms with Crippen LogP contribution in [0.4, 0.5) is 5.82 Å². The second kappa shape index (κ2) is 4.56. The molecule has 1 aromatic carbocycles. The molecule has 1 unspecified atom stereocenters. The van der Waals surface area contributed by atoms with Crippen LogP contribution in [-0.4, -0.2) is 9.97 Å². The number of nitrogens with one attached hydrogen (secondary N) is 1. The molecular formula is C16H20N4. The van der Waals surface area contributed by atoms with Gasteiger partial charge in [-0.15, -0.1) is 0 Å². The summed E-state index contributed by atoms with van der Waals surface area (Å²) in [5.74, 6) is 7.39. The van der Waals surface area contributed by atoms with E-state index in [2.05, 4.69) is 55.4 Å². The van der Waals surface area contributed by atoms with Crippen molar-refractivity contribution < 1.29 is 0 Å². The van der Waals surface area contributed by atoms with Gasteiger partial charge in [0.1, 0.15) is 11.6 Å². The maximum Gasteiger partial charge on any atom is 0.143 e. The van der Waals surface area contributed by atoms with Gasteiger partial charge in [0.2, 0.25) is 0 Å². The molecule has 0 saturated carbocycles. The van der Waals surface area contributed by atoms with Gasteiger partial charge in [-0.2, -0.15) is 0 Å². The Morgan fingerprint density at radius 2 is 1.95 bits per heavy atom. The van der Waals surface area contributed by atoms with Crippen molar-refractivity contribution in [2.45, 2.75) is 38.5 Å². The zero-order chi connectivity index (χ0) is 14.3. The largest absolute Gasteiger partial charge is 0.308 e. The average molecular weight is 268 g/mol. The summed E-state index contributed by atoms with van der Waals surface area (Å²) < 4.78 is 0. The normalized spacial score (nSPS) is 17.3. The number of nitrogens with two attached hydrogens (primary N) is 1. The van der Waals surface area contributed by atoms with Crippen molar-refractivity contribution >= 4 is 5.82 Å². The molecule has 1 atom stereocenters. The maximum absolute atomic E-state index is 5.54. The predicted molar refractivity (Wildman–Crippen MR) is 80.5 cm³/mol. The Balaban J connectivity index is 2.03. The Hall–Kier alpha value is -1.94. The van der Waals surface area contributed by atoms with Crippen molar-refractivity contribution in [2.75, 3.05) is 5.43 Å². The van der Waals surface area contributed by atoms with Crippen LogP contribution in [-0.2, 0) is 11.8 Å². The van der Waals surface area contributed by atoms with Crippen molar-refractivity contribution in [3.8, 4) is 0 Å². The maximum atomic E-state index is 5.54. The SMILES string of the molecule is CC(C)(C)c1cc(NN)nc(C2Cc3ccccc32)n1. The van der Waals surface area contributed by atoms with E-state index >= 15 is 0 Å². The van der Waals surface area contributed by atoms with Gasteiger partial charge in [0.05, 0.1) is 5.69 Å². The number of benzene rings is 1. The molecule has 0 aliphatic heterocycles. The van der Waals surface area contributed by atoms with Gasteiger partial charge >= 0.3 is 0 Å². The standard InChI is InChI=1S/C16H20N4/c1-16(2,3)13-9-14(20-17)19-15(18-13)12-8-10-6-4-5-7-11(10)12/h4-7,9,12H,8,17H2,1-3H3,(H,18,19,20). The Morgan fingerprint density at radius 3 is 2.60 bits per heavy atom. The van der Waals surface area contributed by atoms with Crippen molar-refractivity contribution in [1.29, 1.82) is 0 Å². The fourth-order valence-corrected chi connectivity index (χ4v) is 2.57. The minimum absolute atomic E-state index is 0.0213. The number of nitrogens with zero attached hydrogens (tertiary/aromatic N) is 2. The lowest BCUT2D eigenvalue weighted by atomic mass is 9.77. The van der Waals surface area contributed by atoms with E-state index in [1.54, 1.807) is 0 Å². The summed E-state index contributed by atoms with van der Waals surface area (Å²) in [6, 6.07) is 10.4. The zero-order valence-corrected chi connectivity index (χ0v) is 12.1. The Morgan fingerprint density at radius 1 is 1.20 bits per heavy atom. The summed E-state index contributed by atoms with van der Waals surface area (Å²) >= 11 is 0. The molecule has 3 N–H and O–H groups in total. The highest BCUT2D eigenvalue weighted by Gasteiger charge is 2.30. The fraction of sp³-hybridized carbons (Fsp3) is 0.375. The van der Waals surface area contributed by atoms with E-state index in [1.807, 2.05) is 6.07 Å². The van der Waals surface area contributed by atoms with Crippen LogP contribution in [0.2, 0.25) is 0 Å². The van der Waals surface area contributed by atoms with E-state index in [9.17, 15) is 0 Å². The molecule has 1 heterocycles. The van der Waals surface area contributed by atoms with Crippen LogP contribution in [0.1, 0.15) is 49.3 Å². The predicted octanol–water partition coefficient (Wildman–Crippen LogP) is 2.75. The lowest BCUT2D eigenvalue weighted by molar-refractivity contribution is 0.552. The summed E-state index contributed by atoms with van der Waals surface area (Å²) in [5, 5.41) is 0. The Labute approximate surface area is 119 Å². The molecule has 4 nitrogen and oxygen atoms in total. The number of hydrogen-bond acceptors (Lipinski definition) is 4. The van der Waals surface area contributed by atoms with Crippen molar-refractivity contribution in [2.24, 2.45) is 5.84 Å². The topological polar surface area (TPSA) is 63.8 Å². The number of anilines is 1. The molecule has 1 aliphatic carbocycles. The van der Waals surface area contributed by atoms with Crippen LogP contribution in [0.15, 0.2) is 30.3 Å². The number of hydrazine groups is 1. The molecule has 0 spiro atoms. The summed E-state index contributed by atoms with van der Waals surface area (Å²) in [7, 11) is 0. The second-order valence-electron chi connectivity index (χ2n) is 6.35. The molecule has 0 radical (unpaired) electrons. The third-order valence-electron chi connectivity index (χ3n) is 3.83. The van der Waals surface area contributed by atoms with Crippen LogP contribution < -0.4 is 11.3 Å². The zero-order valence-electron chi connectivity index (χ0n) is 12.1. The minimum atomic E-state index is -0.0213. The van der Waals surface area contributed by atoms with Crippen LogP contribution in [0.3, 0.4) is 0 Å². The number of aromatic nitrogens is 2. The van der Waals surface area contributed by atoms with E-state index in [0.29, 0.717) is 11.7 Å². The summed E-state index contributed by atoms with van der Waals surface area (Å²) in [5.41, 5.74) is 6.38. The van der Waals surface area contributed by atoms with E-state index in [1.165, 1.54) is 11.1 Å². The summed E-state index contributed by atoms with van der Waals surface area (Å²) in [6.45, 7) is 6.44. The molecule has 0 saturated heterocycles. The van der Waals surface area contributed by atoms with E-state index in [0.717, 1.165) is 17.9 Å². The van der Waals surface area contributed by atoms with Gasteiger partial charge in [-0.3, -0.25) is 0 Å². The van der Waals surface area contributed by atoms with Gasteiger partial charge < -0.3 is 5.43 Å². The quantitative estimate of drug-likeness (QED) is 0.649. The van der Waals surface area contributed by atoms with Crippen LogP contribution >= 0.6 is 0 Å². The molecule has 1 aromatic heterocycles. The molecule has 0 bridgehead atoms. The second-order valence-corrected chi connectivity index (χ2v) is 6.35. The molecular weight excluding hydrogens is 248 g/mol. The molecule has 20 heavy (non-hydrogen) atoms. The van der Waals surface area contributed by atoms with E-state index in [-0.39, 0.29) is 5.41 Å². The lowest BCUT2D eigenvalue weighted by Crippen LogP contribution is -2.24. The smallest absolute Gasteiger partial charge is 0.143 e. The minimum Gasteiger partial charge on any atom is -0.308 e. The molecule has 0 amide bonds. The van der Waals surface area contributed by atoms with Crippen LogP contribution in [0.25, 0.3) is 0 Å². The molecule has 4 heteroatoms. The third kappa shape index (κ3) is 2.16.